The normalized spacial score (nSPS) is 12.0. The third-order valence-electron chi connectivity index (χ3n) is 3.53. The Kier molecular flexibility index (Phi) is 5.27. The van der Waals surface area contributed by atoms with Crippen LogP contribution in [0.5, 0.6) is 0 Å². The van der Waals surface area contributed by atoms with Crippen LogP contribution in [0.1, 0.15) is 42.1 Å². The number of amides is 1. The molecule has 0 aliphatic carbocycles. The van der Waals surface area contributed by atoms with E-state index in [0.29, 0.717) is 21.5 Å². The summed E-state index contributed by atoms with van der Waals surface area (Å²) >= 11 is 12.0. The van der Waals surface area contributed by atoms with Crippen molar-refractivity contribution in [3.05, 3.63) is 63.6 Å². The summed E-state index contributed by atoms with van der Waals surface area (Å²) in [6.07, 6.45) is 1.00. The summed E-state index contributed by atoms with van der Waals surface area (Å²) < 4.78 is 0. The molecule has 0 unspecified atom stereocenters. The predicted molar refractivity (Wildman–Crippen MR) is 89.6 cm³/mol. The number of rotatable bonds is 4. The van der Waals surface area contributed by atoms with Crippen LogP contribution in [0.25, 0.3) is 0 Å². The second-order valence-electron chi connectivity index (χ2n) is 4.97. The van der Waals surface area contributed by atoms with E-state index >= 15 is 0 Å². The molecule has 0 radical (unpaired) electrons. The highest BCUT2D eigenvalue weighted by Crippen LogP contribution is 2.28. The lowest BCUT2D eigenvalue weighted by Crippen LogP contribution is -2.14. The van der Waals surface area contributed by atoms with Gasteiger partial charge in [0.1, 0.15) is 0 Å². The number of carbonyl (C=O) groups is 1. The van der Waals surface area contributed by atoms with Crippen molar-refractivity contribution in [3.63, 3.8) is 0 Å². The number of para-hydroxylation sites is 1. The number of hydrogen-bond acceptors (Lipinski definition) is 1. The maximum Gasteiger partial charge on any atom is 0.257 e. The summed E-state index contributed by atoms with van der Waals surface area (Å²) in [6, 6.07) is 12.7. The van der Waals surface area contributed by atoms with Gasteiger partial charge in [-0.2, -0.15) is 0 Å². The van der Waals surface area contributed by atoms with Crippen molar-refractivity contribution in [2.75, 3.05) is 5.32 Å². The van der Waals surface area contributed by atoms with Gasteiger partial charge < -0.3 is 5.32 Å². The fourth-order valence-corrected chi connectivity index (χ4v) is 2.50. The van der Waals surface area contributed by atoms with Gasteiger partial charge in [-0.05, 0) is 42.2 Å². The molecule has 0 spiro atoms. The molecular formula is C17H17Cl2NO. The van der Waals surface area contributed by atoms with Gasteiger partial charge in [0.2, 0.25) is 0 Å². The highest BCUT2D eigenvalue weighted by Gasteiger charge is 2.14. The minimum absolute atomic E-state index is 0.252. The molecule has 110 valence electrons. The molecule has 0 fully saturated rings. The van der Waals surface area contributed by atoms with E-state index in [1.807, 2.05) is 24.3 Å². The highest BCUT2D eigenvalue weighted by molar-refractivity contribution is 6.36. The van der Waals surface area contributed by atoms with Gasteiger partial charge in [-0.15, -0.1) is 0 Å². The van der Waals surface area contributed by atoms with Crippen LogP contribution in [-0.2, 0) is 0 Å². The molecular weight excluding hydrogens is 305 g/mol. The summed E-state index contributed by atoms with van der Waals surface area (Å²) in [4.78, 5) is 12.4. The first kappa shape index (κ1) is 15.9. The van der Waals surface area contributed by atoms with E-state index in [9.17, 15) is 4.79 Å². The molecule has 0 aromatic heterocycles. The van der Waals surface area contributed by atoms with Gasteiger partial charge in [0.15, 0.2) is 0 Å². The summed E-state index contributed by atoms with van der Waals surface area (Å²) in [5, 5.41) is 3.80. The first-order valence-electron chi connectivity index (χ1n) is 6.88. The van der Waals surface area contributed by atoms with Gasteiger partial charge in [-0.3, -0.25) is 4.79 Å². The van der Waals surface area contributed by atoms with E-state index in [0.717, 1.165) is 17.7 Å². The van der Waals surface area contributed by atoms with Crippen LogP contribution in [0.15, 0.2) is 42.5 Å². The minimum atomic E-state index is -0.252. The molecule has 0 heterocycles. The van der Waals surface area contributed by atoms with Gasteiger partial charge >= 0.3 is 0 Å². The zero-order valence-corrected chi connectivity index (χ0v) is 13.5. The average molecular weight is 322 g/mol. The van der Waals surface area contributed by atoms with E-state index in [2.05, 4.69) is 19.2 Å². The van der Waals surface area contributed by atoms with Crippen LogP contribution < -0.4 is 5.32 Å². The molecule has 1 atom stereocenters. The van der Waals surface area contributed by atoms with Crippen LogP contribution >= 0.6 is 23.2 Å². The van der Waals surface area contributed by atoms with Crippen molar-refractivity contribution in [2.45, 2.75) is 26.2 Å². The molecule has 2 aromatic carbocycles. The Morgan fingerprint density at radius 2 is 1.90 bits per heavy atom. The van der Waals surface area contributed by atoms with E-state index < -0.39 is 0 Å². The Bertz CT molecular complexity index is 655. The zero-order chi connectivity index (χ0) is 15.4. The molecule has 0 aliphatic heterocycles. The van der Waals surface area contributed by atoms with Crippen molar-refractivity contribution in [1.29, 1.82) is 0 Å². The van der Waals surface area contributed by atoms with E-state index in [-0.39, 0.29) is 5.91 Å². The van der Waals surface area contributed by atoms with E-state index in [1.54, 1.807) is 18.2 Å². The number of carbonyl (C=O) groups excluding carboxylic acids is 1. The number of anilines is 1. The smallest absolute Gasteiger partial charge is 0.257 e. The Morgan fingerprint density at radius 3 is 2.62 bits per heavy atom. The Labute approximate surface area is 135 Å². The number of halogens is 2. The van der Waals surface area contributed by atoms with Gasteiger partial charge in [-0.25, -0.2) is 0 Å². The lowest BCUT2D eigenvalue weighted by molar-refractivity contribution is 0.102. The van der Waals surface area contributed by atoms with Crippen LogP contribution in [0.3, 0.4) is 0 Å². The van der Waals surface area contributed by atoms with Crippen molar-refractivity contribution < 1.29 is 4.79 Å². The van der Waals surface area contributed by atoms with Gasteiger partial charge in [0, 0.05) is 10.7 Å². The quantitative estimate of drug-likeness (QED) is 0.762. The number of benzene rings is 2. The number of hydrogen-bond donors (Lipinski definition) is 1. The van der Waals surface area contributed by atoms with Gasteiger partial charge in [-0.1, -0.05) is 55.2 Å². The largest absolute Gasteiger partial charge is 0.322 e. The topological polar surface area (TPSA) is 29.1 Å². The Balaban J connectivity index is 2.30. The highest BCUT2D eigenvalue weighted by atomic mass is 35.5. The standard InChI is InChI=1S/C17H17Cl2NO/c1-3-11(2)13-6-4-5-7-16(13)20-17(21)14-10-12(18)8-9-15(14)19/h4-11H,3H2,1-2H3,(H,20,21)/t11-/m0/s1. The molecule has 2 aromatic rings. The van der Waals surface area contributed by atoms with Crippen LogP contribution in [-0.4, -0.2) is 5.91 Å². The van der Waals surface area contributed by atoms with Crippen molar-refractivity contribution in [1.82, 2.24) is 0 Å². The van der Waals surface area contributed by atoms with Gasteiger partial charge in [0.05, 0.1) is 10.6 Å². The first-order valence-corrected chi connectivity index (χ1v) is 7.63. The molecule has 0 saturated heterocycles. The average Bonchev–Trinajstić information content (AvgIpc) is 2.49. The van der Waals surface area contributed by atoms with Crippen molar-refractivity contribution in [2.24, 2.45) is 0 Å². The fraction of sp³-hybridized carbons (Fsp3) is 0.235. The van der Waals surface area contributed by atoms with Crippen LogP contribution in [0, 0.1) is 0 Å². The summed E-state index contributed by atoms with van der Waals surface area (Å²) in [7, 11) is 0. The minimum Gasteiger partial charge on any atom is -0.322 e. The van der Waals surface area contributed by atoms with Crippen LogP contribution in [0.4, 0.5) is 5.69 Å². The molecule has 2 nitrogen and oxygen atoms in total. The molecule has 0 saturated carbocycles. The number of nitrogens with one attached hydrogen (secondary N) is 1. The SMILES string of the molecule is CC[C@H](C)c1ccccc1NC(=O)c1cc(Cl)ccc1Cl. The monoisotopic (exact) mass is 321 g/mol. The molecule has 4 heteroatoms. The molecule has 21 heavy (non-hydrogen) atoms. The third-order valence-corrected chi connectivity index (χ3v) is 4.09. The molecule has 2 rings (SSSR count). The molecule has 1 amide bonds. The lowest BCUT2D eigenvalue weighted by Gasteiger charge is -2.16. The fourth-order valence-electron chi connectivity index (χ4n) is 2.12. The zero-order valence-electron chi connectivity index (χ0n) is 12.0. The second kappa shape index (κ2) is 6.97. The molecule has 0 bridgehead atoms. The second-order valence-corrected chi connectivity index (χ2v) is 5.82. The Morgan fingerprint density at radius 1 is 1.19 bits per heavy atom. The predicted octanol–water partition coefficient (Wildman–Crippen LogP) is 5.76. The lowest BCUT2D eigenvalue weighted by atomic mass is 9.97. The third kappa shape index (κ3) is 3.78. The Hall–Kier alpha value is -1.51. The summed E-state index contributed by atoms with van der Waals surface area (Å²) in [5.41, 5.74) is 2.31. The van der Waals surface area contributed by atoms with Gasteiger partial charge in [0.25, 0.3) is 5.91 Å². The molecule has 0 aliphatic rings. The molecule has 1 N–H and O–H groups in total. The van der Waals surface area contributed by atoms with Crippen molar-refractivity contribution >= 4 is 34.8 Å². The van der Waals surface area contributed by atoms with Crippen molar-refractivity contribution in [3.8, 4) is 0 Å². The maximum atomic E-state index is 12.4. The summed E-state index contributed by atoms with van der Waals surface area (Å²) in [6.45, 7) is 4.26. The van der Waals surface area contributed by atoms with E-state index in [1.165, 1.54) is 0 Å². The maximum absolute atomic E-state index is 12.4. The summed E-state index contributed by atoms with van der Waals surface area (Å²) in [5.74, 6) is 0.120. The van der Waals surface area contributed by atoms with E-state index in [4.69, 9.17) is 23.2 Å². The first-order chi connectivity index (χ1) is 10.0. The van der Waals surface area contributed by atoms with Crippen LogP contribution in [0.2, 0.25) is 10.0 Å².